The number of hydrogen-bond acceptors (Lipinski definition) is 4. The van der Waals surface area contributed by atoms with Crippen LogP contribution in [0.4, 0.5) is 0 Å². The van der Waals surface area contributed by atoms with Crippen LogP contribution in [-0.4, -0.2) is 46.2 Å². The van der Waals surface area contributed by atoms with Crippen molar-refractivity contribution in [2.45, 2.75) is 89.9 Å². The topological polar surface area (TPSA) is 87.0 Å². The lowest BCUT2D eigenvalue weighted by Gasteiger charge is -2.58. The molecule has 0 aromatic heterocycles. The minimum Gasteiger partial charge on any atom is -0.481 e. The van der Waals surface area contributed by atoms with Crippen molar-refractivity contribution in [3.63, 3.8) is 0 Å². The van der Waals surface area contributed by atoms with Crippen LogP contribution < -0.4 is 0 Å². The number of aliphatic hydroxyl groups excluding tert-OH is 2. The van der Waals surface area contributed by atoms with Gasteiger partial charge in [-0.3, -0.25) is 4.79 Å². The normalized spacial score (nSPS) is 31.8. The summed E-state index contributed by atoms with van der Waals surface area (Å²) in [6.07, 6.45) is 12.8. The lowest BCUT2D eigenvalue weighted by Crippen LogP contribution is -2.59. The molecule has 0 aromatic rings. The van der Waals surface area contributed by atoms with Crippen molar-refractivity contribution in [3.8, 4) is 0 Å². The Bertz CT molecular complexity index is 660. The average molecular weight is 421 g/mol. The van der Waals surface area contributed by atoms with Crippen LogP contribution in [0.1, 0.15) is 72.1 Å². The van der Waals surface area contributed by atoms with E-state index in [2.05, 4.69) is 26.8 Å². The second kappa shape index (κ2) is 11.3. The van der Waals surface area contributed by atoms with Gasteiger partial charge in [0.15, 0.2) is 0 Å². The van der Waals surface area contributed by atoms with E-state index >= 15 is 0 Å². The molecule has 0 radical (unpaired) electrons. The molecule has 5 nitrogen and oxygen atoms in total. The van der Waals surface area contributed by atoms with Crippen molar-refractivity contribution < 1.29 is 24.9 Å². The Labute approximate surface area is 181 Å². The highest BCUT2D eigenvalue weighted by Crippen LogP contribution is 2.57. The number of rotatable bonds is 11. The van der Waals surface area contributed by atoms with Crippen LogP contribution in [0, 0.1) is 17.8 Å². The van der Waals surface area contributed by atoms with Gasteiger partial charge in [-0.1, -0.05) is 36.8 Å². The minimum atomic E-state index is -0.793. The predicted molar refractivity (Wildman–Crippen MR) is 119 cm³/mol. The predicted octanol–water partition coefficient (Wildman–Crippen LogP) is 4.64. The molecule has 2 unspecified atom stereocenters. The third kappa shape index (κ3) is 6.29. The number of ether oxygens (including phenoxy) is 1. The Hall–Kier alpha value is -1.43. The first-order chi connectivity index (χ1) is 14.2. The Kier molecular flexibility index (Phi) is 9.32. The number of aliphatic carboxylic acids is 1. The summed E-state index contributed by atoms with van der Waals surface area (Å²) in [5.41, 5.74) is 2.09. The van der Waals surface area contributed by atoms with Gasteiger partial charge in [-0.25, -0.2) is 0 Å². The number of fused-ring (bicyclic) bond motifs is 1. The summed E-state index contributed by atoms with van der Waals surface area (Å²) in [5.74, 6) is -0.243. The molecule has 0 bridgehead atoms. The van der Waals surface area contributed by atoms with E-state index in [1.165, 1.54) is 5.57 Å². The molecule has 30 heavy (non-hydrogen) atoms. The summed E-state index contributed by atoms with van der Waals surface area (Å²) in [7, 11) is 1.71. The van der Waals surface area contributed by atoms with Gasteiger partial charge in [0.1, 0.15) is 0 Å². The number of hydrogen-bond donors (Lipinski definition) is 3. The summed E-state index contributed by atoms with van der Waals surface area (Å²) in [5, 5.41) is 30.0. The van der Waals surface area contributed by atoms with Crippen molar-refractivity contribution in [1.29, 1.82) is 0 Å². The first-order valence-corrected chi connectivity index (χ1v) is 11.3. The van der Waals surface area contributed by atoms with Crippen molar-refractivity contribution in [2.75, 3.05) is 7.11 Å². The minimum absolute atomic E-state index is 0.0500. The lowest BCUT2D eigenvalue weighted by atomic mass is 9.53. The van der Waals surface area contributed by atoms with Crippen molar-refractivity contribution in [3.05, 3.63) is 35.5 Å². The number of aliphatic hydroxyl groups is 2. The third-order valence-corrected chi connectivity index (χ3v) is 6.83. The van der Waals surface area contributed by atoms with Crippen LogP contribution in [0.25, 0.3) is 0 Å². The zero-order valence-electron chi connectivity index (χ0n) is 19.0. The van der Waals surface area contributed by atoms with Gasteiger partial charge in [0.05, 0.1) is 17.8 Å². The van der Waals surface area contributed by atoms with E-state index in [9.17, 15) is 15.0 Å². The fraction of sp³-hybridized carbons (Fsp3) is 0.720. The second-order valence-electron chi connectivity index (χ2n) is 9.40. The molecule has 0 aromatic carbocycles. The van der Waals surface area contributed by atoms with E-state index in [-0.39, 0.29) is 18.3 Å². The van der Waals surface area contributed by atoms with Gasteiger partial charge < -0.3 is 20.1 Å². The van der Waals surface area contributed by atoms with Gasteiger partial charge in [0, 0.05) is 25.4 Å². The molecule has 0 saturated heterocycles. The highest BCUT2D eigenvalue weighted by Gasteiger charge is 2.57. The molecule has 2 saturated carbocycles. The fourth-order valence-electron chi connectivity index (χ4n) is 5.09. The highest BCUT2D eigenvalue weighted by atomic mass is 16.5. The van der Waals surface area contributed by atoms with Crippen LogP contribution in [0.2, 0.25) is 0 Å². The first kappa shape index (κ1) is 24.8. The molecule has 2 fully saturated rings. The van der Waals surface area contributed by atoms with E-state index in [0.29, 0.717) is 18.8 Å². The summed E-state index contributed by atoms with van der Waals surface area (Å²) >= 11 is 0. The SMILES string of the molecule is CO[C@]12CC[C@@H](O)[C@H](/C=C/C(O)CC(C)CCC=C(C)C)[C@H]1CC2=CCCC(=O)O. The van der Waals surface area contributed by atoms with Gasteiger partial charge in [0.2, 0.25) is 0 Å². The summed E-state index contributed by atoms with van der Waals surface area (Å²) in [4.78, 5) is 10.8. The van der Waals surface area contributed by atoms with E-state index in [1.54, 1.807) is 7.11 Å². The zero-order chi connectivity index (χ0) is 22.3. The van der Waals surface area contributed by atoms with Crippen LogP contribution in [0.5, 0.6) is 0 Å². The number of allylic oxidation sites excluding steroid dienone is 3. The highest BCUT2D eigenvalue weighted by molar-refractivity contribution is 5.66. The first-order valence-electron chi connectivity index (χ1n) is 11.3. The summed E-state index contributed by atoms with van der Waals surface area (Å²) in [6, 6.07) is 0. The quantitative estimate of drug-likeness (QED) is 0.424. The number of methoxy groups -OCH3 is 1. The molecule has 0 heterocycles. The van der Waals surface area contributed by atoms with E-state index < -0.39 is 23.8 Å². The Morgan fingerprint density at radius 3 is 2.70 bits per heavy atom. The van der Waals surface area contributed by atoms with E-state index in [1.807, 2.05) is 18.2 Å². The number of carboxylic acids is 1. The van der Waals surface area contributed by atoms with Crippen molar-refractivity contribution in [2.24, 2.45) is 17.8 Å². The van der Waals surface area contributed by atoms with Crippen LogP contribution >= 0.6 is 0 Å². The molecule has 170 valence electrons. The molecule has 0 aliphatic heterocycles. The van der Waals surface area contributed by atoms with Gasteiger partial charge >= 0.3 is 5.97 Å². The molecular weight excluding hydrogens is 380 g/mol. The molecule has 0 spiro atoms. The van der Waals surface area contributed by atoms with Crippen LogP contribution in [0.3, 0.4) is 0 Å². The average Bonchev–Trinajstić information content (AvgIpc) is 2.65. The standard InChI is InChI=1S/C25H40O5/c1-17(2)7-5-8-18(3)15-20(26)11-12-21-22-16-19(9-6-10-24(28)29)25(22,30-4)14-13-23(21)27/h7,9,11-12,18,20-23,26-27H,5-6,8,10,13-16H2,1-4H3,(H,28,29)/b12-11+,19-9?/t18?,20?,21-,22-,23-,25+/m1/s1. The fourth-order valence-corrected chi connectivity index (χ4v) is 5.09. The van der Waals surface area contributed by atoms with Gasteiger partial charge in [-0.2, -0.15) is 0 Å². The van der Waals surface area contributed by atoms with Crippen LogP contribution in [-0.2, 0) is 9.53 Å². The smallest absolute Gasteiger partial charge is 0.303 e. The molecule has 6 atom stereocenters. The van der Waals surface area contributed by atoms with E-state index in [4.69, 9.17) is 9.84 Å². The molecule has 2 aliphatic carbocycles. The zero-order valence-corrected chi connectivity index (χ0v) is 19.0. The largest absolute Gasteiger partial charge is 0.481 e. The Morgan fingerprint density at radius 2 is 2.07 bits per heavy atom. The number of carbonyl (C=O) groups is 1. The summed E-state index contributed by atoms with van der Waals surface area (Å²) < 4.78 is 5.93. The molecule has 5 heteroatoms. The van der Waals surface area contributed by atoms with Gasteiger partial charge in [-0.05, 0) is 70.3 Å². The van der Waals surface area contributed by atoms with Gasteiger partial charge in [-0.15, -0.1) is 0 Å². The second-order valence-corrected chi connectivity index (χ2v) is 9.40. The molecule has 3 N–H and O–H groups in total. The molecular formula is C25H40O5. The summed E-state index contributed by atoms with van der Waals surface area (Å²) in [6.45, 7) is 6.37. The van der Waals surface area contributed by atoms with Crippen LogP contribution in [0.15, 0.2) is 35.5 Å². The van der Waals surface area contributed by atoms with Gasteiger partial charge in [0.25, 0.3) is 0 Å². The lowest BCUT2D eigenvalue weighted by molar-refractivity contribution is -0.141. The Balaban J connectivity index is 1.96. The third-order valence-electron chi connectivity index (χ3n) is 6.83. The maximum absolute atomic E-state index is 10.8. The molecule has 2 aliphatic rings. The van der Waals surface area contributed by atoms with E-state index in [0.717, 1.165) is 37.7 Å². The molecule has 2 rings (SSSR count). The monoisotopic (exact) mass is 420 g/mol. The maximum atomic E-state index is 10.8. The maximum Gasteiger partial charge on any atom is 0.303 e. The van der Waals surface area contributed by atoms with Crippen molar-refractivity contribution in [1.82, 2.24) is 0 Å². The Morgan fingerprint density at radius 1 is 1.33 bits per heavy atom. The number of carboxylic acid groups (broad SMARTS) is 1. The van der Waals surface area contributed by atoms with Crippen molar-refractivity contribution >= 4 is 5.97 Å². The molecule has 0 amide bonds.